The average molecular weight is 413 g/mol. The molecule has 0 N–H and O–H groups in total. The summed E-state index contributed by atoms with van der Waals surface area (Å²) in [4.78, 5) is 0. The highest BCUT2D eigenvalue weighted by molar-refractivity contribution is 6.33. The largest absolute Gasteiger partial charge is 0.496 e. The highest BCUT2D eigenvalue weighted by Crippen LogP contribution is 2.52. The Hall–Kier alpha value is -2.24. The topological polar surface area (TPSA) is 35.8 Å². The predicted molar refractivity (Wildman–Crippen MR) is 117 cm³/mol. The fourth-order valence-electron chi connectivity index (χ4n) is 4.82. The molecule has 5 nitrogen and oxygen atoms in total. The van der Waals surface area contributed by atoms with Crippen LogP contribution in [0.25, 0.3) is 16.8 Å². The van der Waals surface area contributed by atoms with E-state index >= 15 is 0 Å². The number of hydrogen-bond acceptors (Lipinski definition) is 3. The molecule has 6 heteroatoms. The van der Waals surface area contributed by atoms with Crippen LogP contribution in [0.15, 0.2) is 30.3 Å². The van der Waals surface area contributed by atoms with E-state index in [4.69, 9.17) is 26.2 Å². The number of halogens is 1. The predicted octanol–water partition coefficient (Wildman–Crippen LogP) is 5.24. The monoisotopic (exact) mass is 412 g/mol. The normalized spacial score (nSPS) is 17.0. The van der Waals surface area contributed by atoms with Crippen LogP contribution < -0.4 is 14.0 Å². The third kappa shape index (κ3) is 2.82. The van der Waals surface area contributed by atoms with Gasteiger partial charge in [0.25, 0.3) is 5.88 Å². The van der Waals surface area contributed by atoms with E-state index in [1.807, 2.05) is 29.6 Å². The maximum atomic E-state index is 6.68. The Morgan fingerprint density at radius 1 is 1.07 bits per heavy atom. The van der Waals surface area contributed by atoms with Crippen molar-refractivity contribution in [2.45, 2.75) is 44.7 Å². The van der Waals surface area contributed by atoms with Gasteiger partial charge in [0.1, 0.15) is 11.3 Å². The van der Waals surface area contributed by atoms with E-state index in [0.717, 1.165) is 32.6 Å². The number of ether oxygens (including phenoxy) is 2. The van der Waals surface area contributed by atoms with E-state index in [-0.39, 0.29) is 0 Å². The molecular formula is C23H27ClN3O2+. The maximum Gasteiger partial charge on any atom is 0.296 e. The van der Waals surface area contributed by atoms with Crippen LogP contribution in [-0.2, 0) is 0 Å². The molecule has 2 aromatic heterocycles. The SMILES string of the molecule is COc1cc(C)cc(Cl)c1-c1cccc2c([N+](C)(C3CC3)C3CC3)c(OC)nn12. The van der Waals surface area contributed by atoms with Crippen molar-refractivity contribution in [1.29, 1.82) is 0 Å². The fourth-order valence-corrected chi connectivity index (χ4v) is 5.18. The van der Waals surface area contributed by atoms with Crippen LogP contribution in [-0.4, -0.2) is 43.0 Å². The summed E-state index contributed by atoms with van der Waals surface area (Å²) < 4.78 is 14.4. The Morgan fingerprint density at radius 2 is 1.76 bits per heavy atom. The van der Waals surface area contributed by atoms with E-state index < -0.39 is 0 Å². The molecule has 5 rings (SSSR count). The molecule has 0 radical (unpaired) electrons. The summed E-state index contributed by atoms with van der Waals surface area (Å²) in [5.41, 5.74) is 5.11. The lowest BCUT2D eigenvalue weighted by Gasteiger charge is -2.34. The molecule has 2 aliphatic rings. The number of quaternary nitrogens is 1. The first-order valence-corrected chi connectivity index (χ1v) is 10.6. The van der Waals surface area contributed by atoms with Gasteiger partial charge in [0.2, 0.25) is 5.69 Å². The Bertz CT molecular complexity index is 1090. The van der Waals surface area contributed by atoms with Gasteiger partial charge in [-0.05, 0) is 36.8 Å². The number of benzene rings is 1. The average Bonchev–Trinajstić information content (AvgIpc) is 3.60. The van der Waals surface area contributed by atoms with Crippen LogP contribution in [0.5, 0.6) is 11.6 Å². The van der Waals surface area contributed by atoms with Crippen LogP contribution in [0.3, 0.4) is 0 Å². The molecule has 152 valence electrons. The van der Waals surface area contributed by atoms with Gasteiger partial charge < -0.3 is 9.47 Å². The number of rotatable bonds is 6. The van der Waals surface area contributed by atoms with E-state index in [2.05, 4.69) is 19.2 Å². The lowest BCUT2D eigenvalue weighted by Crippen LogP contribution is -2.49. The minimum Gasteiger partial charge on any atom is -0.496 e. The van der Waals surface area contributed by atoms with Crippen LogP contribution in [0, 0.1) is 6.92 Å². The molecule has 0 atom stereocenters. The number of hydrogen-bond donors (Lipinski definition) is 0. The van der Waals surface area contributed by atoms with Crippen molar-refractivity contribution in [3.05, 3.63) is 40.9 Å². The number of methoxy groups -OCH3 is 2. The standard InChI is InChI=1S/C23H27ClN3O2/c1-14-12-17(24)21(20(13-14)28-3)18-6-5-7-19-22(23(29-4)25-26(18)19)27(2,15-8-9-15)16-10-11-16/h5-7,12-13,15-16H,8-11H2,1-4H3/q+1. The number of aromatic nitrogens is 2. The van der Waals surface area contributed by atoms with Crippen LogP contribution in [0.2, 0.25) is 5.02 Å². The Balaban J connectivity index is 1.79. The van der Waals surface area contributed by atoms with Crippen LogP contribution in [0.4, 0.5) is 5.69 Å². The first-order chi connectivity index (χ1) is 14.0. The van der Waals surface area contributed by atoms with Crippen molar-refractivity contribution in [3.63, 3.8) is 0 Å². The smallest absolute Gasteiger partial charge is 0.296 e. The number of nitrogens with zero attached hydrogens (tertiary/aromatic N) is 3. The Labute approximate surface area is 176 Å². The second-order valence-electron chi connectivity index (χ2n) is 8.50. The molecule has 29 heavy (non-hydrogen) atoms. The summed E-state index contributed by atoms with van der Waals surface area (Å²) in [5.74, 6) is 1.46. The highest BCUT2D eigenvalue weighted by Gasteiger charge is 2.55. The van der Waals surface area contributed by atoms with Gasteiger partial charge in [-0.3, -0.25) is 4.48 Å². The minimum atomic E-state index is 0.658. The van der Waals surface area contributed by atoms with Crippen molar-refractivity contribution in [2.75, 3.05) is 21.3 Å². The molecule has 3 aromatic rings. The molecule has 0 amide bonds. The molecule has 2 heterocycles. The summed E-state index contributed by atoms with van der Waals surface area (Å²) >= 11 is 6.68. The number of fused-ring (bicyclic) bond motifs is 1. The highest BCUT2D eigenvalue weighted by atomic mass is 35.5. The third-order valence-electron chi connectivity index (χ3n) is 6.56. The second-order valence-corrected chi connectivity index (χ2v) is 8.91. The van der Waals surface area contributed by atoms with E-state index in [1.54, 1.807) is 14.2 Å². The van der Waals surface area contributed by atoms with Gasteiger partial charge in [0.05, 0.1) is 49.6 Å². The van der Waals surface area contributed by atoms with Gasteiger partial charge in [-0.1, -0.05) is 17.7 Å². The van der Waals surface area contributed by atoms with Gasteiger partial charge in [0.15, 0.2) is 0 Å². The molecule has 0 unspecified atom stereocenters. The zero-order valence-electron chi connectivity index (χ0n) is 17.4. The zero-order chi connectivity index (χ0) is 20.3. The van der Waals surface area contributed by atoms with Gasteiger partial charge in [-0.2, -0.15) is 0 Å². The quantitative estimate of drug-likeness (QED) is 0.519. The first-order valence-electron chi connectivity index (χ1n) is 10.3. The van der Waals surface area contributed by atoms with E-state index in [1.165, 1.54) is 31.4 Å². The number of aryl methyl sites for hydroxylation is 1. The molecular weight excluding hydrogens is 386 g/mol. The molecule has 1 aromatic carbocycles. The lowest BCUT2D eigenvalue weighted by atomic mass is 10.1. The van der Waals surface area contributed by atoms with Gasteiger partial charge in [0, 0.05) is 25.7 Å². The maximum absolute atomic E-state index is 6.68. The molecule has 0 saturated heterocycles. The van der Waals surface area contributed by atoms with Gasteiger partial charge in [-0.25, -0.2) is 4.52 Å². The Morgan fingerprint density at radius 3 is 2.34 bits per heavy atom. The summed E-state index contributed by atoms with van der Waals surface area (Å²) in [5, 5.41) is 5.56. The van der Waals surface area contributed by atoms with Gasteiger partial charge in [-0.15, -0.1) is 5.10 Å². The molecule has 2 aliphatic carbocycles. The van der Waals surface area contributed by atoms with Crippen molar-refractivity contribution in [2.24, 2.45) is 0 Å². The summed E-state index contributed by atoms with van der Waals surface area (Å²) in [6.07, 6.45) is 5.07. The summed E-state index contributed by atoms with van der Waals surface area (Å²) in [6.45, 7) is 2.02. The zero-order valence-corrected chi connectivity index (χ0v) is 18.2. The number of pyridine rings is 1. The van der Waals surface area contributed by atoms with Crippen molar-refractivity contribution < 1.29 is 9.47 Å². The van der Waals surface area contributed by atoms with Crippen molar-refractivity contribution in [3.8, 4) is 22.9 Å². The molecule has 2 fully saturated rings. The molecule has 0 spiro atoms. The molecule has 0 aliphatic heterocycles. The fraction of sp³-hybridized carbons (Fsp3) is 0.435. The summed E-state index contributed by atoms with van der Waals surface area (Å²) in [7, 11) is 5.76. The molecule has 0 bridgehead atoms. The van der Waals surface area contributed by atoms with E-state index in [0.29, 0.717) is 23.0 Å². The lowest BCUT2D eigenvalue weighted by molar-refractivity contribution is 0.294. The first kappa shape index (κ1) is 18.8. The van der Waals surface area contributed by atoms with Crippen molar-refractivity contribution in [1.82, 2.24) is 14.1 Å². The van der Waals surface area contributed by atoms with Gasteiger partial charge >= 0.3 is 0 Å². The van der Waals surface area contributed by atoms with Crippen LogP contribution in [0.1, 0.15) is 31.2 Å². The Kier molecular flexibility index (Phi) is 4.30. The van der Waals surface area contributed by atoms with Crippen LogP contribution >= 0.6 is 11.6 Å². The second kappa shape index (κ2) is 6.64. The minimum absolute atomic E-state index is 0.658. The van der Waals surface area contributed by atoms with E-state index in [9.17, 15) is 0 Å². The third-order valence-corrected chi connectivity index (χ3v) is 6.86. The van der Waals surface area contributed by atoms with Crippen molar-refractivity contribution >= 4 is 22.8 Å². The summed E-state index contributed by atoms with van der Waals surface area (Å²) in [6, 6.07) is 11.6. The molecule has 2 saturated carbocycles.